The molecule has 0 aliphatic rings. The van der Waals surface area contributed by atoms with Gasteiger partial charge in [0.2, 0.25) is 0 Å². The van der Waals surface area contributed by atoms with Crippen LogP contribution < -0.4 is 14.9 Å². The Labute approximate surface area is 118 Å². The first-order valence-corrected chi connectivity index (χ1v) is 6.08. The van der Waals surface area contributed by atoms with Gasteiger partial charge in [-0.3, -0.25) is 0 Å². The molecule has 0 spiro atoms. The molecule has 0 bridgehead atoms. The van der Waals surface area contributed by atoms with Gasteiger partial charge in [0.1, 0.15) is 6.61 Å². The molecule has 1 amide bonds. The Bertz CT molecular complexity index is 486. The van der Waals surface area contributed by atoms with Crippen molar-refractivity contribution < 1.29 is 19.0 Å². The number of methoxy groups -OCH3 is 1. The lowest BCUT2D eigenvalue weighted by atomic mass is 10.2. The van der Waals surface area contributed by atoms with Crippen LogP contribution in [-0.4, -0.2) is 32.6 Å². The summed E-state index contributed by atoms with van der Waals surface area (Å²) < 4.78 is 15.3. The number of carbonyl (C=O) groups is 1. The van der Waals surface area contributed by atoms with E-state index in [1.54, 1.807) is 38.3 Å². The second-order valence-electron chi connectivity index (χ2n) is 3.60. The molecule has 108 valence electrons. The Hall–Kier alpha value is -2.50. The Morgan fingerprint density at radius 1 is 1.45 bits per heavy atom. The van der Waals surface area contributed by atoms with Gasteiger partial charge in [0, 0.05) is 0 Å². The first-order valence-electron chi connectivity index (χ1n) is 6.08. The number of hydrogen-bond donors (Lipinski definition) is 1. The van der Waals surface area contributed by atoms with Gasteiger partial charge in [-0.25, -0.2) is 10.2 Å². The number of benzene rings is 1. The van der Waals surface area contributed by atoms with Crippen LogP contribution in [0.2, 0.25) is 0 Å². The van der Waals surface area contributed by atoms with Gasteiger partial charge in [-0.1, -0.05) is 12.7 Å². The van der Waals surface area contributed by atoms with Crippen molar-refractivity contribution in [2.45, 2.75) is 6.92 Å². The van der Waals surface area contributed by atoms with E-state index in [2.05, 4.69) is 21.8 Å². The maximum atomic E-state index is 11.0. The first-order chi connectivity index (χ1) is 9.71. The number of rotatable bonds is 7. The summed E-state index contributed by atoms with van der Waals surface area (Å²) >= 11 is 0. The molecule has 6 heteroatoms. The average molecular weight is 278 g/mol. The van der Waals surface area contributed by atoms with Crippen molar-refractivity contribution >= 4 is 12.3 Å². The van der Waals surface area contributed by atoms with Gasteiger partial charge in [-0.2, -0.15) is 5.10 Å². The highest BCUT2D eigenvalue weighted by molar-refractivity contribution is 5.82. The van der Waals surface area contributed by atoms with Gasteiger partial charge in [0.05, 0.1) is 19.9 Å². The van der Waals surface area contributed by atoms with Crippen molar-refractivity contribution in [2.24, 2.45) is 5.10 Å². The zero-order valence-corrected chi connectivity index (χ0v) is 11.6. The minimum absolute atomic E-state index is 0.296. The highest BCUT2D eigenvalue weighted by Crippen LogP contribution is 2.27. The van der Waals surface area contributed by atoms with E-state index in [1.165, 1.54) is 6.21 Å². The van der Waals surface area contributed by atoms with Crippen molar-refractivity contribution in [2.75, 3.05) is 20.3 Å². The molecule has 6 nitrogen and oxygen atoms in total. The third-order valence-electron chi connectivity index (χ3n) is 2.19. The fourth-order valence-corrected chi connectivity index (χ4v) is 1.36. The molecular formula is C14H18N2O4. The monoisotopic (exact) mass is 278 g/mol. The van der Waals surface area contributed by atoms with Gasteiger partial charge in [0.15, 0.2) is 11.5 Å². The molecule has 0 aromatic heterocycles. The van der Waals surface area contributed by atoms with Gasteiger partial charge >= 0.3 is 6.09 Å². The number of hydrazone groups is 1. The molecule has 0 aliphatic heterocycles. The van der Waals surface area contributed by atoms with Crippen molar-refractivity contribution in [3.05, 3.63) is 36.4 Å². The lowest BCUT2D eigenvalue weighted by Crippen LogP contribution is -2.18. The van der Waals surface area contributed by atoms with Crippen LogP contribution in [0.25, 0.3) is 0 Å². The summed E-state index contributed by atoms with van der Waals surface area (Å²) in [6.07, 6.45) is 2.54. The molecular weight excluding hydrogens is 260 g/mol. The molecule has 0 aliphatic carbocycles. The van der Waals surface area contributed by atoms with E-state index >= 15 is 0 Å². The SMILES string of the molecule is C=CCOc1ccc(/C=N\NC(=O)OCC)cc1OC. The lowest BCUT2D eigenvalue weighted by Gasteiger charge is -2.09. The van der Waals surface area contributed by atoms with E-state index in [-0.39, 0.29) is 0 Å². The fourth-order valence-electron chi connectivity index (χ4n) is 1.36. The minimum Gasteiger partial charge on any atom is -0.493 e. The van der Waals surface area contributed by atoms with Crippen LogP contribution in [0.15, 0.2) is 36.0 Å². The van der Waals surface area contributed by atoms with E-state index in [9.17, 15) is 4.79 Å². The Morgan fingerprint density at radius 3 is 2.90 bits per heavy atom. The number of hydrogen-bond acceptors (Lipinski definition) is 5. The molecule has 0 saturated heterocycles. The normalized spacial score (nSPS) is 10.1. The second kappa shape index (κ2) is 8.58. The zero-order valence-electron chi connectivity index (χ0n) is 11.6. The zero-order chi connectivity index (χ0) is 14.8. The second-order valence-corrected chi connectivity index (χ2v) is 3.60. The molecule has 1 rings (SSSR count). The van der Waals surface area contributed by atoms with Crippen molar-refractivity contribution in [3.63, 3.8) is 0 Å². The molecule has 1 N–H and O–H groups in total. The summed E-state index contributed by atoms with van der Waals surface area (Å²) in [5.74, 6) is 1.19. The number of amides is 1. The maximum absolute atomic E-state index is 11.0. The summed E-state index contributed by atoms with van der Waals surface area (Å²) in [6, 6.07) is 5.29. The van der Waals surface area contributed by atoms with Crippen LogP contribution in [-0.2, 0) is 4.74 Å². The molecule has 0 heterocycles. The molecule has 20 heavy (non-hydrogen) atoms. The van der Waals surface area contributed by atoms with E-state index in [0.29, 0.717) is 24.7 Å². The van der Waals surface area contributed by atoms with Crippen LogP contribution in [0.5, 0.6) is 11.5 Å². The Morgan fingerprint density at radius 2 is 2.25 bits per heavy atom. The molecule has 0 atom stereocenters. The Kier molecular flexibility index (Phi) is 6.67. The van der Waals surface area contributed by atoms with Crippen molar-refractivity contribution in [3.8, 4) is 11.5 Å². The summed E-state index contributed by atoms with van der Waals surface area (Å²) in [5.41, 5.74) is 3.00. The van der Waals surface area contributed by atoms with Crippen molar-refractivity contribution in [1.82, 2.24) is 5.43 Å². The molecule has 0 fully saturated rings. The summed E-state index contributed by atoms with van der Waals surface area (Å²) in [6.45, 7) is 5.99. The third-order valence-corrected chi connectivity index (χ3v) is 2.19. The minimum atomic E-state index is -0.596. The predicted octanol–water partition coefficient (Wildman–Crippen LogP) is 2.34. The third kappa shape index (κ3) is 5.01. The highest BCUT2D eigenvalue weighted by Gasteiger charge is 2.04. The topological polar surface area (TPSA) is 69.2 Å². The molecule has 0 saturated carbocycles. The lowest BCUT2D eigenvalue weighted by molar-refractivity contribution is 0.152. The standard InChI is InChI=1S/C14H18N2O4/c1-4-8-20-12-7-6-11(9-13(12)18-3)10-15-16-14(17)19-5-2/h4,6-7,9-10H,1,5,8H2,2-3H3,(H,16,17)/b15-10-. The summed E-state index contributed by atoms with van der Waals surface area (Å²) in [4.78, 5) is 11.0. The number of nitrogens with one attached hydrogen (secondary N) is 1. The largest absolute Gasteiger partial charge is 0.493 e. The van der Waals surface area contributed by atoms with Crippen LogP contribution in [0.1, 0.15) is 12.5 Å². The summed E-state index contributed by atoms with van der Waals surface area (Å²) in [5, 5.41) is 3.77. The van der Waals surface area contributed by atoms with Gasteiger partial charge < -0.3 is 14.2 Å². The summed E-state index contributed by atoms with van der Waals surface area (Å²) in [7, 11) is 1.55. The smallest absolute Gasteiger partial charge is 0.427 e. The quantitative estimate of drug-likeness (QED) is 0.472. The van der Waals surface area contributed by atoms with Crippen LogP contribution in [0.3, 0.4) is 0 Å². The molecule has 0 unspecified atom stereocenters. The van der Waals surface area contributed by atoms with Crippen LogP contribution in [0, 0.1) is 0 Å². The van der Waals surface area contributed by atoms with E-state index < -0.39 is 6.09 Å². The van der Waals surface area contributed by atoms with E-state index in [1.807, 2.05) is 0 Å². The highest BCUT2D eigenvalue weighted by atomic mass is 16.5. The maximum Gasteiger partial charge on any atom is 0.427 e. The number of carbonyl (C=O) groups excluding carboxylic acids is 1. The van der Waals surface area contributed by atoms with Crippen LogP contribution in [0.4, 0.5) is 4.79 Å². The molecule has 1 aromatic rings. The van der Waals surface area contributed by atoms with Gasteiger partial charge in [-0.15, -0.1) is 0 Å². The van der Waals surface area contributed by atoms with E-state index in [0.717, 1.165) is 5.56 Å². The predicted molar refractivity (Wildman–Crippen MR) is 76.4 cm³/mol. The Balaban J connectivity index is 2.69. The van der Waals surface area contributed by atoms with Gasteiger partial charge in [0.25, 0.3) is 0 Å². The fraction of sp³-hybridized carbons (Fsp3) is 0.286. The van der Waals surface area contributed by atoms with Crippen molar-refractivity contribution in [1.29, 1.82) is 0 Å². The van der Waals surface area contributed by atoms with E-state index in [4.69, 9.17) is 9.47 Å². The van der Waals surface area contributed by atoms with Gasteiger partial charge in [-0.05, 0) is 30.7 Å². The number of nitrogens with zero attached hydrogens (tertiary/aromatic N) is 1. The first kappa shape index (κ1) is 15.6. The van der Waals surface area contributed by atoms with Crippen LogP contribution >= 0.6 is 0 Å². The molecule has 0 radical (unpaired) electrons. The number of ether oxygens (including phenoxy) is 3. The molecule has 1 aromatic carbocycles. The average Bonchev–Trinajstić information content (AvgIpc) is 2.46.